The van der Waals surface area contributed by atoms with Crippen LogP contribution in [0.25, 0.3) is 0 Å². The third kappa shape index (κ3) is 2.60. The van der Waals surface area contributed by atoms with Crippen LogP contribution in [0.4, 0.5) is 0 Å². The molecule has 0 spiro atoms. The van der Waals surface area contributed by atoms with Gasteiger partial charge in [0.25, 0.3) is 0 Å². The molecule has 3 heterocycles. The number of carbonyl (C=O) groups excluding carboxylic acids is 1. The Hall–Kier alpha value is -1.33. The van der Waals surface area contributed by atoms with Crippen LogP contribution in [0.3, 0.4) is 0 Å². The quantitative estimate of drug-likeness (QED) is 0.870. The fraction of sp³-hybridized carbons (Fsp3) is 0.667. The summed E-state index contributed by atoms with van der Waals surface area (Å²) in [6.45, 7) is 4.48. The highest BCUT2D eigenvalue weighted by atomic mass is 16.3. The molecule has 0 radical (unpaired) electrons. The first-order valence-electron chi connectivity index (χ1n) is 7.47. The molecule has 20 heavy (non-hydrogen) atoms. The van der Waals surface area contributed by atoms with Crippen LogP contribution < -0.4 is 11.1 Å². The number of piperidine rings is 2. The van der Waals surface area contributed by atoms with Crippen LogP contribution in [0.5, 0.6) is 0 Å². The Morgan fingerprint density at radius 1 is 1.50 bits per heavy atom. The predicted molar refractivity (Wildman–Crippen MR) is 76.1 cm³/mol. The zero-order chi connectivity index (χ0) is 14.1. The highest BCUT2D eigenvalue weighted by Gasteiger charge is 2.36. The highest BCUT2D eigenvalue weighted by Crippen LogP contribution is 2.31. The maximum absolute atomic E-state index is 11.5. The predicted octanol–water partition coefficient (Wildman–Crippen LogP) is 1.19. The Morgan fingerprint density at radius 3 is 3.05 bits per heavy atom. The largest absolute Gasteiger partial charge is 0.465 e. The van der Waals surface area contributed by atoms with Gasteiger partial charge in [-0.15, -0.1) is 0 Å². The summed E-state index contributed by atoms with van der Waals surface area (Å²) in [6, 6.07) is 4.53. The van der Waals surface area contributed by atoms with E-state index in [1.165, 1.54) is 0 Å². The minimum atomic E-state index is 0.155. The summed E-state index contributed by atoms with van der Waals surface area (Å²) in [5.74, 6) is 2.64. The number of carbonyl (C=O) groups is 1. The molecular weight excluding hydrogens is 254 g/mol. The van der Waals surface area contributed by atoms with Crippen molar-refractivity contribution in [3.05, 3.63) is 23.7 Å². The molecule has 5 heteroatoms. The molecular formula is C15H23N3O2. The van der Waals surface area contributed by atoms with Gasteiger partial charge in [-0.2, -0.15) is 0 Å². The molecule has 3 N–H and O–H groups in total. The molecule has 3 atom stereocenters. The molecule has 0 aromatic carbocycles. The Morgan fingerprint density at radius 2 is 2.35 bits per heavy atom. The topological polar surface area (TPSA) is 71.5 Å². The number of hydrogen-bond acceptors (Lipinski definition) is 4. The van der Waals surface area contributed by atoms with Gasteiger partial charge in [-0.1, -0.05) is 0 Å². The van der Waals surface area contributed by atoms with E-state index in [-0.39, 0.29) is 11.9 Å². The zero-order valence-electron chi connectivity index (χ0n) is 12.0. The lowest BCUT2D eigenvalue weighted by molar-refractivity contribution is -0.125. The zero-order valence-corrected chi connectivity index (χ0v) is 12.0. The average Bonchev–Trinajstić information content (AvgIpc) is 2.86. The standard InChI is InChI=1S/C15H23N3O2/c1-10-2-4-14(20-10)13(8-16)18-7-6-12-11(9-18)3-5-15(19)17-12/h2,4,11-13H,3,5-9,16H2,1H3,(H,17,19). The lowest BCUT2D eigenvalue weighted by Crippen LogP contribution is -2.55. The summed E-state index contributed by atoms with van der Waals surface area (Å²) in [4.78, 5) is 13.9. The summed E-state index contributed by atoms with van der Waals surface area (Å²) in [7, 11) is 0. The van der Waals surface area contributed by atoms with E-state index in [2.05, 4.69) is 10.2 Å². The first-order chi connectivity index (χ1) is 9.67. The van der Waals surface area contributed by atoms with Crippen molar-refractivity contribution in [1.29, 1.82) is 0 Å². The Balaban J connectivity index is 1.70. The summed E-state index contributed by atoms with van der Waals surface area (Å²) in [5, 5.41) is 3.12. The molecule has 110 valence electrons. The van der Waals surface area contributed by atoms with Gasteiger partial charge in [-0.05, 0) is 37.8 Å². The van der Waals surface area contributed by atoms with Gasteiger partial charge in [-0.25, -0.2) is 0 Å². The van der Waals surface area contributed by atoms with E-state index in [1.807, 2.05) is 19.1 Å². The van der Waals surface area contributed by atoms with E-state index < -0.39 is 0 Å². The molecule has 5 nitrogen and oxygen atoms in total. The van der Waals surface area contributed by atoms with Crippen LogP contribution in [0.2, 0.25) is 0 Å². The molecule has 0 saturated carbocycles. The molecule has 0 aliphatic carbocycles. The number of aryl methyl sites for hydroxylation is 1. The van der Waals surface area contributed by atoms with Gasteiger partial charge in [0.05, 0.1) is 6.04 Å². The number of amides is 1. The number of furan rings is 1. The van der Waals surface area contributed by atoms with Crippen molar-refractivity contribution in [3.63, 3.8) is 0 Å². The number of fused-ring (bicyclic) bond motifs is 1. The van der Waals surface area contributed by atoms with E-state index in [9.17, 15) is 4.79 Å². The van der Waals surface area contributed by atoms with Crippen molar-refractivity contribution in [2.45, 2.75) is 38.3 Å². The second kappa shape index (κ2) is 5.58. The van der Waals surface area contributed by atoms with Crippen LogP contribution in [0.1, 0.15) is 36.8 Å². The monoisotopic (exact) mass is 277 g/mol. The van der Waals surface area contributed by atoms with Gasteiger partial charge < -0.3 is 15.5 Å². The molecule has 0 bridgehead atoms. The van der Waals surface area contributed by atoms with E-state index >= 15 is 0 Å². The van der Waals surface area contributed by atoms with Crippen molar-refractivity contribution in [3.8, 4) is 0 Å². The molecule has 1 aromatic heterocycles. The minimum absolute atomic E-state index is 0.155. The summed E-state index contributed by atoms with van der Waals surface area (Å²) in [6.07, 6.45) is 2.65. The maximum atomic E-state index is 11.5. The number of nitrogens with zero attached hydrogens (tertiary/aromatic N) is 1. The number of hydrogen-bond donors (Lipinski definition) is 2. The average molecular weight is 277 g/mol. The molecule has 3 unspecified atom stereocenters. The Labute approximate surface area is 119 Å². The molecule has 3 rings (SSSR count). The minimum Gasteiger partial charge on any atom is -0.465 e. The van der Waals surface area contributed by atoms with Crippen molar-refractivity contribution >= 4 is 5.91 Å². The normalized spacial score (nSPS) is 28.8. The Bertz CT molecular complexity index is 485. The third-order valence-electron chi connectivity index (χ3n) is 4.61. The molecule has 2 saturated heterocycles. The van der Waals surface area contributed by atoms with Crippen molar-refractivity contribution < 1.29 is 9.21 Å². The van der Waals surface area contributed by atoms with E-state index in [1.54, 1.807) is 0 Å². The second-order valence-electron chi connectivity index (χ2n) is 5.96. The number of likely N-dealkylation sites (tertiary alicyclic amines) is 1. The van der Waals surface area contributed by atoms with E-state index in [0.29, 0.717) is 24.9 Å². The van der Waals surface area contributed by atoms with Crippen molar-refractivity contribution in [1.82, 2.24) is 10.2 Å². The van der Waals surface area contributed by atoms with Gasteiger partial charge in [0.15, 0.2) is 0 Å². The van der Waals surface area contributed by atoms with Gasteiger partial charge in [0.2, 0.25) is 5.91 Å². The molecule has 1 aromatic rings. The van der Waals surface area contributed by atoms with Crippen molar-refractivity contribution in [2.75, 3.05) is 19.6 Å². The van der Waals surface area contributed by atoms with Crippen molar-refractivity contribution in [2.24, 2.45) is 11.7 Å². The van der Waals surface area contributed by atoms with E-state index in [0.717, 1.165) is 37.5 Å². The van der Waals surface area contributed by atoms with Gasteiger partial charge in [-0.3, -0.25) is 9.69 Å². The van der Waals surface area contributed by atoms with Gasteiger partial charge in [0, 0.05) is 32.1 Å². The number of nitrogens with two attached hydrogens (primary N) is 1. The fourth-order valence-electron chi connectivity index (χ4n) is 3.50. The molecule has 2 aliphatic rings. The summed E-state index contributed by atoms with van der Waals surface area (Å²) < 4.78 is 5.75. The Kier molecular flexibility index (Phi) is 3.81. The SMILES string of the molecule is Cc1ccc(C(CN)N2CCC3NC(=O)CCC3C2)o1. The van der Waals surface area contributed by atoms with Crippen LogP contribution in [0.15, 0.2) is 16.5 Å². The van der Waals surface area contributed by atoms with Crippen LogP contribution in [0, 0.1) is 12.8 Å². The summed E-state index contributed by atoms with van der Waals surface area (Å²) in [5.41, 5.74) is 5.96. The number of rotatable bonds is 3. The number of nitrogens with one attached hydrogen (secondary N) is 1. The van der Waals surface area contributed by atoms with E-state index in [4.69, 9.17) is 10.2 Å². The van der Waals surface area contributed by atoms with Crippen LogP contribution in [-0.2, 0) is 4.79 Å². The first kappa shape index (κ1) is 13.6. The van der Waals surface area contributed by atoms with Gasteiger partial charge >= 0.3 is 0 Å². The summed E-state index contributed by atoms with van der Waals surface area (Å²) >= 11 is 0. The highest BCUT2D eigenvalue weighted by molar-refractivity contribution is 5.77. The molecule has 2 fully saturated rings. The van der Waals surface area contributed by atoms with Crippen LogP contribution in [-0.4, -0.2) is 36.5 Å². The third-order valence-corrected chi connectivity index (χ3v) is 4.61. The molecule has 2 aliphatic heterocycles. The first-order valence-corrected chi connectivity index (χ1v) is 7.47. The fourth-order valence-corrected chi connectivity index (χ4v) is 3.50. The lowest BCUT2D eigenvalue weighted by Gasteiger charge is -2.43. The van der Waals surface area contributed by atoms with Crippen LogP contribution >= 0.6 is 0 Å². The maximum Gasteiger partial charge on any atom is 0.220 e. The van der Waals surface area contributed by atoms with Gasteiger partial charge in [0.1, 0.15) is 11.5 Å². The smallest absolute Gasteiger partial charge is 0.220 e. The second-order valence-corrected chi connectivity index (χ2v) is 5.96. The lowest BCUT2D eigenvalue weighted by atomic mass is 9.84. The molecule has 1 amide bonds.